The lowest BCUT2D eigenvalue weighted by atomic mass is 9.73. The van der Waals surface area contributed by atoms with Gasteiger partial charge in [-0.3, -0.25) is 0 Å². The second-order valence-electron chi connectivity index (χ2n) is 11.6. The number of hydrogen-bond donors (Lipinski definition) is 0. The van der Waals surface area contributed by atoms with Gasteiger partial charge in [-0.15, -0.1) is 0 Å². The molecule has 4 rings (SSSR count). The molecule has 0 unspecified atom stereocenters. The van der Waals surface area contributed by atoms with Gasteiger partial charge in [-0.2, -0.15) is 13.2 Å². The molecule has 0 amide bonds. The Labute approximate surface area is 224 Å². The van der Waals surface area contributed by atoms with Crippen molar-refractivity contribution in [3.8, 4) is 11.5 Å². The zero-order valence-electron chi connectivity index (χ0n) is 22.5. The molecule has 38 heavy (non-hydrogen) atoms. The average Bonchev–Trinajstić information content (AvgIpc) is 2.90. The molecule has 0 N–H and O–H groups in total. The predicted octanol–water partition coefficient (Wildman–Crippen LogP) is 11.2. The quantitative estimate of drug-likeness (QED) is 0.217. The largest absolute Gasteiger partial charge is 0.454 e. The molecule has 6 heteroatoms. The van der Waals surface area contributed by atoms with Gasteiger partial charge in [0.25, 0.3) is 0 Å². The second kappa shape index (κ2) is 13.3. The minimum atomic E-state index is -4.46. The fraction of sp³-hybridized carbons (Fsp3) is 0.625. The van der Waals surface area contributed by atoms with Gasteiger partial charge in [0.2, 0.25) is 0 Å². The van der Waals surface area contributed by atoms with Crippen molar-refractivity contribution in [2.75, 3.05) is 0 Å². The van der Waals surface area contributed by atoms with Gasteiger partial charge in [0.05, 0.1) is 5.56 Å². The third-order valence-electron chi connectivity index (χ3n) is 8.92. The Morgan fingerprint density at radius 2 is 1.26 bits per heavy atom. The van der Waals surface area contributed by atoms with Crippen LogP contribution in [-0.4, -0.2) is 0 Å². The molecular formula is C32H41F5O. The van der Waals surface area contributed by atoms with Crippen LogP contribution in [0.5, 0.6) is 11.5 Å². The second-order valence-corrected chi connectivity index (χ2v) is 11.6. The van der Waals surface area contributed by atoms with Crippen molar-refractivity contribution in [1.29, 1.82) is 0 Å². The first-order chi connectivity index (χ1) is 18.2. The Kier molecular flexibility index (Phi) is 10.1. The van der Waals surface area contributed by atoms with Crippen LogP contribution in [0.4, 0.5) is 22.0 Å². The maximum atomic E-state index is 15.3. The van der Waals surface area contributed by atoms with Crippen molar-refractivity contribution in [2.45, 2.75) is 109 Å². The fourth-order valence-corrected chi connectivity index (χ4v) is 6.54. The molecule has 0 aliphatic heterocycles. The number of alkyl halides is 3. The summed E-state index contributed by atoms with van der Waals surface area (Å²) in [5.41, 5.74) is -0.758. The fourth-order valence-electron chi connectivity index (χ4n) is 6.54. The summed E-state index contributed by atoms with van der Waals surface area (Å²) in [5, 5.41) is 0. The summed E-state index contributed by atoms with van der Waals surface area (Å²) in [6.07, 6.45) is 12.3. The van der Waals surface area contributed by atoms with Crippen molar-refractivity contribution >= 4 is 0 Å². The summed E-state index contributed by atoms with van der Waals surface area (Å²) in [7, 11) is 0. The molecule has 0 radical (unpaired) electrons. The summed E-state index contributed by atoms with van der Waals surface area (Å²) < 4.78 is 74.0. The molecule has 2 fully saturated rings. The SMILES string of the molecule is CCCCCC1CCC(CCC2CCC(c3c(F)ccc(Oc4ccc(C(F)(F)F)cc4)c3F)CC2)CC1. The Morgan fingerprint density at radius 3 is 1.82 bits per heavy atom. The van der Waals surface area contributed by atoms with Crippen molar-refractivity contribution in [2.24, 2.45) is 17.8 Å². The Balaban J connectivity index is 1.26. The minimum absolute atomic E-state index is 0.0502. The zero-order valence-corrected chi connectivity index (χ0v) is 22.5. The van der Waals surface area contributed by atoms with Crippen LogP contribution in [0, 0.1) is 29.4 Å². The standard InChI is InChI=1S/C32H41F5O/c1-2-3-4-5-22-6-8-23(9-7-22)10-11-24-12-14-25(15-13-24)30-28(33)20-21-29(31(30)34)38-27-18-16-26(17-19-27)32(35,36)37/h16-25H,2-15H2,1H3. The van der Waals surface area contributed by atoms with Crippen LogP contribution < -0.4 is 4.74 Å². The molecule has 0 bridgehead atoms. The van der Waals surface area contributed by atoms with Crippen molar-refractivity contribution < 1.29 is 26.7 Å². The van der Waals surface area contributed by atoms with E-state index in [4.69, 9.17) is 4.74 Å². The van der Waals surface area contributed by atoms with Gasteiger partial charge in [-0.1, -0.05) is 71.1 Å². The van der Waals surface area contributed by atoms with E-state index in [1.54, 1.807) is 0 Å². The lowest BCUT2D eigenvalue weighted by Crippen LogP contribution is -2.18. The van der Waals surface area contributed by atoms with Crippen LogP contribution in [0.2, 0.25) is 0 Å². The van der Waals surface area contributed by atoms with Gasteiger partial charge in [0, 0.05) is 5.56 Å². The third-order valence-corrected chi connectivity index (χ3v) is 8.92. The van der Waals surface area contributed by atoms with Crippen LogP contribution in [-0.2, 0) is 6.18 Å². The molecule has 2 aromatic carbocycles. The number of hydrogen-bond acceptors (Lipinski definition) is 1. The molecule has 0 aromatic heterocycles. The highest BCUT2D eigenvalue weighted by molar-refractivity contribution is 5.39. The summed E-state index contributed by atoms with van der Waals surface area (Å²) in [6, 6.07) is 6.47. The molecule has 0 saturated heterocycles. The number of unbranched alkanes of at least 4 members (excludes halogenated alkanes) is 2. The van der Waals surface area contributed by atoms with Crippen LogP contribution in [0.1, 0.15) is 114 Å². The topological polar surface area (TPSA) is 9.23 Å². The maximum Gasteiger partial charge on any atom is 0.416 e. The summed E-state index contributed by atoms with van der Waals surface area (Å²) >= 11 is 0. The number of halogens is 5. The van der Waals surface area contributed by atoms with E-state index in [2.05, 4.69) is 6.92 Å². The average molecular weight is 537 g/mol. The summed E-state index contributed by atoms with van der Waals surface area (Å²) in [4.78, 5) is 0. The van der Waals surface area contributed by atoms with Gasteiger partial charge >= 0.3 is 6.18 Å². The Bertz CT molecular complexity index is 1000. The molecule has 1 nitrogen and oxygen atoms in total. The molecule has 2 aliphatic rings. The van der Waals surface area contributed by atoms with Gasteiger partial charge in [0.1, 0.15) is 11.6 Å². The number of ether oxygens (including phenoxy) is 1. The van der Waals surface area contributed by atoms with Crippen LogP contribution >= 0.6 is 0 Å². The van der Waals surface area contributed by atoms with Crippen molar-refractivity contribution in [1.82, 2.24) is 0 Å². The molecular weight excluding hydrogens is 495 g/mol. The monoisotopic (exact) mass is 536 g/mol. The van der Waals surface area contributed by atoms with Gasteiger partial charge in [-0.25, -0.2) is 8.78 Å². The molecule has 2 aliphatic carbocycles. The lowest BCUT2D eigenvalue weighted by Gasteiger charge is -2.32. The Hall–Kier alpha value is -2.11. The minimum Gasteiger partial charge on any atom is -0.454 e. The van der Waals surface area contributed by atoms with E-state index in [9.17, 15) is 17.6 Å². The van der Waals surface area contributed by atoms with Gasteiger partial charge in [-0.05, 0) is 85.8 Å². The van der Waals surface area contributed by atoms with E-state index in [0.29, 0.717) is 5.92 Å². The Morgan fingerprint density at radius 1 is 0.711 bits per heavy atom. The lowest BCUT2D eigenvalue weighted by molar-refractivity contribution is -0.137. The smallest absolute Gasteiger partial charge is 0.416 e. The van der Waals surface area contributed by atoms with Crippen LogP contribution in [0.15, 0.2) is 36.4 Å². The first-order valence-corrected chi connectivity index (χ1v) is 14.6. The van der Waals surface area contributed by atoms with Crippen LogP contribution in [0.25, 0.3) is 0 Å². The van der Waals surface area contributed by atoms with E-state index in [1.165, 1.54) is 76.3 Å². The molecule has 0 spiro atoms. The van der Waals surface area contributed by atoms with E-state index in [-0.39, 0.29) is 23.0 Å². The van der Waals surface area contributed by atoms with Crippen LogP contribution in [0.3, 0.4) is 0 Å². The molecule has 2 saturated carbocycles. The highest BCUT2D eigenvalue weighted by Gasteiger charge is 2.31. The predicted molar refractivity (Wildman–Crippen MR) is 141 cm³/mol. The first-order valence-electron chi connectivity index (χ1n) is 14.6. The van der Waals surface area contributed by atoms with E-state index in [0.717, 1.165) is 61.8 Å². The molecule has 210 valence electrons. The maximum absolute atomic E-state index is 15.3. The highest BCUT2D eigenvalue weighted by atomic mass is 19.4. The molecule has 2 aromatic rings. The zero-order chi connectivity index (χ0) is 27.1. The van der Waals surface area contributed by atoms with E-state index >= 15 is 4.39 Å². The van der Waals surface area contributed by atoms with E-state index in [1.807, 2.05) is 0 Å². The normalized spacial score (nSPS) is 24.4. The number of rotatable bonds is 10. The first kappa shape index (κ1) is 28.9. The van der Waals surface area contributed by atoms with Gasteiger partial charge < -0.3 is 4.74 Å². The summed E-state index contributed by atoms with van der Waals surface area (Å²) in [6.45, 7) is 2.26. The van der Waals surface area contributed by atoms with Crippen molar-refractivity contribution in [3.05, 3.63) is 59.2 Å². The number of benzene rings is 2. The summed E-state index contributed by atoms with van der Waals surface area (Å²) in [5.74, 6) is 0.764. The van der Waals surface area contributed by atoms with Gasteiger partial charge in [0.15, 0.2) is 11.6 Å². The highest BCUT2D eigenvalue weighted by Crippen LogP contribution is 2.43. The molecule has 0 atom stereocenters. The molecule has 0 heterocycles. The van der Waals surface area contributed by atoms with Crippen molar-refractivity contribution in [3.63, 3.8) is 0 Å². The third kappa shape index (κ3) is 7.72. The van der Waals surface area contributed by atoms with E-state index < -0.39 is 23.4 Å².